The summed E-state index contributed by atoms with van der Waals surface area (Å²) in [5.41, 5.74) is -0.488. The number of piperazine rings is 1. The minimum Gasteiger partial charge on any atom is -0.469 e. The van der Waals surface area contributed by atoms with E-state index in [2.05, 4.69) is 9.80 Å². The zero-order valence-corrected chi connectivity index (χ0v) is 16.9. The molecule has 1 saturated carbocycles. The fraction of sp³-hybridized carbons (Fsp3) is 0.833. The standard InChI is InChI=1S/C18H29N3O4S/c1-18(2,3)25-17(23)19-7-8-20-14(10-19)11-21(16(20)26)13-6-5-12(9-13)15(22)24-4/h12-14H,5-11H2,1-4H3/t12-,13+,14?/m0/s1. The molecule has 1 unspecified atom stereocenters. The third-order valence-corrected chi connectivity index (χ3v) is 5.88. The Labute approximate surface area is 160 Å². The number of carbonyl (C=O) groups excluding carboxylic acids is 2. The Morgan fingerprint density at radius 2 is 1.81 bits per heavy atom. The molecular formula is C18H29N3O4S. The maximum Gasteiger partial charge on any atom is 0.410 e. The van der Waals surface area contributed by atoms with E-state index in [1.807, 2.05) is 20.8 Å². The van der Waals surface area contributed by atoms with Crippen LogP contribution in [0.3, 0.4) is 0 Å². The van der Waals surface area contributed by atoms with Gasteiger partial charge in [-0.3, -0.25) is 4.79 Å². The van der Waals surface area contributed by atoms with Crippen LogP contribution < -0.4 is 0 Å². The van der Waals surface area contributed by atoms with Crippen molar-refractivity contribution in [3.8, 4) is 0 Å². The van der Waals surface area contributed by atoms with Gasteiger partial charge >= 0.3 is 12.1 Å². The predicted octanol–water partition coefficient (Wildman–Crippen LogP) is 1.85. The molecule has 0 aromatic carbocycles. The van der Waals surface area contributed by atoms with Gasteiger partial charge in [-0.1, -0.05) is 0 Å². The number of ether oxygens (including phenoxy) is 2. The second kappa shape index (κ2) is 7.21. The highest BCUT2D eigenvalue weighted by molar-refractivity contribution is 7.80. The summed E-state index contributed by atoms with van der Waals surface area (Å²) in [5, 5.41) is 0.856. The Kier molecular flexibility index (Phi) is 5.33. The van der Waals surface area contributed by atoms with E-state index in [-0.39, 0.29) is 30.1 Å². The number of hydrogen-bond acceptors (Lipinski definition) is 5. The molecule has 0 radical (unpaired) electrons. The molecule has 0 aromatic rings. The van der Waals surface area contributed by atoms with Gasteiger partial charge in [-0.2, -0.15) is 0 Å². The van der Waals surface area contributed by atoms with E-state index >= 15 is 0 Å². The van der Waals surface area contributed by atoms with Gasteiger partial charge in [0.25, 0.3) is 0 Å². The smallest absolute Gasteiger partial charge is 0.410 e. The Bertz CT molecular complexity index is 591. The van der Waals surface area contributed by atoms with Crippen LogP contribution in [0.5, 0.6) is 0 Å². The normalized spacial score (nSPS) is 29.0. The Balaban J connectivity index is 1.60. The fourth-order valence-electron chi connectivity index (χ4n) is 4.15. The first kappa shape index (κ1) is 19.2. The minimum absolute atomic E-state index is 0.0244. The van der Waals surface area contributed by atoms with Crippen LogP contribution in [-0.2, 0) is 14.3 Å². The number of methoxy groups -OCH3 is 1. The van der Waals surface area contributed by atoms with Gasteiger partial charge in [0.1, 0.15) is 5.60 Å². The molecule has 146 valence electrons. The van der Waals surface area contributed by atoms with E-state index in [4.69, 9.17) is 21.7 Å². The second-order valence-electron chi connectivity index (χ2n) is 8.40. The molecule has 0 spiro atoms. The molecule has 3 fully saturated rings. The van der Waals surface area contributed by atoms with Crippen molar-refractivity contribution < 1.29 is 19.1 Å². The highest BCUT2D eigenvalue weighted by Gasteiger charge is 2.44. The third-order valence-electron chi connectivity index (χ3n) is 5.41. The van der Waals surface area contributed by atoms with Crippen molar-refractivity contribution in [1.29, 1.82) is 0 Å². The van der Waals surface area contributed by atoms with Crippen molar-refractivity contribution in [2.45, 2.75) is 57.7 Å². The van der Waals surface area contributed by atoms with E-state index in [1.54, 1.807) is 4.90 Å². The molecule has 3 atom stereocenters. The summed E-state index contributed by atoms with van der Waals surface area (Å²) < 4.78 is 10.4. The summed E-state index contributed by atoms with van der Waals surface area (Å²) in [4.78, 5) is 30.4. The average Bonchev–Trinajstić information content (AvgIpc) is 3.17. The summed E-state index contributed by atoms with van der Waals surface area (Å²) in [6.07, 6.45) is 2.35. The summed E-state index contributed by atoms with van der Waals surface area (Å²) in [6, 6.07) is 0.480. The molecule has 2 saturated heterocycles. The van der Waals surface area contributed by atoms with E-state index in [9.17, 15) is 9.59 Å². The van der Waals surface area contributed by atoms with Gasteiger partial charge in [-0.25, -0.2) is 4.79 Å². The third kappa shape index (κ3) is 3.89. The van der Waals surface area contributed by atoms with Gasteiger partial charge in [0.2, 0.25) is 0 Å². The van der Waals surface area contributed by atoms with Gasteiger partial charge in [0, 0.05) is 32.2 Å². The topological polar surface area (TPSA) is 62.3 Å². The lowest BCUT2D eigenvalue weighted by Gasteiger charge is -2.37. The van der Waals surface area contributed by atoms with Crippen molar-refractivity contribution in [2.75, 3.05) is 33.3 Å². The first-order valence-electron chi connectivity index (χ1n) is 9.32. The largest absolute Gasteiger partial charge is 0.469 e. The maximum absolute atomic E-state index is 12.4. The molecule has 0 N–H and O–H groups in total. The lowest BCUT2D eigenvalue weighted by molar-refractivity contribution is -0.145. The van der Waals surface area contributed by atoms with Crippen LogP contribution in [0.15, 0.2) is 0 Å². The summed E-state index contributed by atoms with van der Waals surface area (Å²) in [7, 11) is 1.45. The monoisotopic (exact) mass is 383 g/mol. The van der Waals surface area contributed by atoms with Crippen LogP contribution in [0, 0.1) is 5.92 Å². The molecule has 26 heavy (non-hydrogen) atoms. The van der Waals surface area contributed by atoms with Crippen molar-refractivity contribution in [2.24, 2.45) is 5.92 Å². The van der Waals surface area contributed by atoms with Crippen LogP contribution in [0.25, 0.3) is 0 Å². The number of esters is 1. The number of nitrogens with zero attached hydrogens (tertiary/aromatic N) is 3. The minimum atomic E-state index is -0.488. The molecule has 1 aliphatic carbocycles. The molecule has 3 aliphatic rings. The van der Waals surface area contributed by atoms with Gasteiger partial charge in [0.15, 0.2) is 5.11 Å². The SMILES string of the molecule is COC(=O)[C@H]1CC[C@@H](N2CC3CN(C(=O)OC(C)(C)C)CCN3C2=S)C1. The second-order valence-corrected chi connectivity index (χ2v) is 8.76. The van der Waals surface area contributed by atoms with Crippen molar-refractivity contribution >= 4 is 29.4 Å². The molecule has 3 rings (SSSR count). The zero-order valence-electron chi connectivity index (χ0n) is 16.1. The van der Waals surface area contributed by atoms with Crippen LogP contribution in [0.4, 0.5) is 4.79 Å². The number of thiocarbonyl (C=S) groups is 1. The average molecular weight is 384 g/mol. The lowest BCUT2D eigenvalue weighted by Crippen LogP contribution is -2.54. The number of fused-ring (bicyclic) bond motifs is 1. The number of amides is 1. The van der Waals surface area contributed by atoms with Gasteiger partial charge in [0.05, 0.1) is 19.1 Å². The molecule has 7 nitrogen and oxygen atoms in total. The summed E-state index contributed by atoms with van der Waals surface area (Å²) >= 11 is 5.70. The number of carbonyl (C=O) groups is 2. The van der Waals surface area contributed by atoms with Crippen LogP contribution in [0.2, 0.25) is 0 Å². The van der Waals surface area contributed by atoms with Gasteiger partial charge in [-0.05, 0) is 52.3 Å². The predicted molar refractivity (Wildman–Crippen MR) is 101 cm³/mol. The quantitative estimate of drug-likeness (QED) is 0.533. The molecule has 0 bridgehead atoms. The van der Waals surface area contributed by atoms with Crippen LogP contribution >= 0.6 is 12.2 Å². The number of hydrogen-bond donors (Lipinski definition) is 0. The molecular weight excluding hydrogens is 354 g/mol. The first-order chi connectivity index (χ1) is 12.2. The van der Waals surface area contributed by atoms with Crippen molar-refractivity contribution in [3.63, 3.8) is 0 Å². The van der Waals surface area contributed by atoms with E-state index in [0.29, 0.717) is 13.1 Å². The number of rotatable bonds is 2. The van der Waals surface area contributed by atoms with E-state index < -0.39 is 5.60 Å². The van der Waals surface area contributed by atoms with Gasteiger partial charge in [-0.15, -0.1) is 0 Å². The lowest BCUT2D eigenvalue weighted by atomic mass is 10.1. The Morgan fingerprint density at radius 3 is 2.46 bits per heavy atom. The molecule has 8 heteroatoms. The summed E-state index contributed by atoms with van der Waals surface area (Å²) in [6.45, 7) is 8.42. The van der Waals surface area contributed by atoms with Crippen LogP contribution in [0.1, 0.15) is 40.0 Å². The van der Waals surface area contributed by atoms with Gasteiger partial charge < -0.3 is 24.2 Å². The first-order valence-corrected chi connectivity index (χ1v) is 9.73. The van der Waals surface area contributed by atoms with Crippen LogP contribution in [-0.4, -0.2) is 82.8 Å². The Hall–Kier alpha value is -1.57. The maximum atomic E-state index is 12.4. The highest BCUT2D eigenvalue weighted by atomic mass is 32.1. The highest BCUT2D eigenvalue weighted by Crippen LogP contribution is 2.34. The summed E-state index contributed by atoms with van der Waals surface area (Å²) in [5.74, 6) is -0.143. The fourth-order valence-corrected chi connectivity index (χ4v) is 4.62. The van der Waals surface area contributed by atoms with E-state index in [0.717, 1.165) is 37.5 Å². The van der Waals surface area contributed by atoms with Crippen molar-refractivity contribution in [3.05, 3.63) is 0 Å². The molecule has 1 amide bonds. The molecule has 2 heterocycles. The molecule has 0 aromatic heterocycles. The van der Waals surface area contributed by atoms with Crippen molar-refractivity contribution in [1.82, 2.24) is 14.7 Å². The zero-order chi connectivity index (χ0) is 19.1. The van der Waals surface area contributed by atoms with E-state index in [1.165, 1.54) is 7.11 Å². The Morgan fingerprint density at radius 1 is 1.08 bits per heavy atom. The molecule has 2 aliphatic heterocycles.